The Morgan fingerprint density at radius 1 is 0.750 bits per heavy atom. The van der Waals surface area contributed by atoms with Crippen molar-refractivity contribution in [1.82, 2.24) is 4.90 Å². The van der Waals surface area contributed by atoms with E-state index in [0.717, 1.165) is 12.1 Å². The highest BCUT2D eigenvalue weighted by atomic mass is 19.4. The molecule has 0 saturated heterocycles. The Hall–Kier alpha value is -3.97. The number of ether oxygens (including phenoxy) is 3. The van der Waals surface area contributed by atoms with E-state index in [2.05, 4.69) is 0 Å². The summed E-state index contributed by atoms with van der Waals surface area (Å²) in [5.74, 6) is -40.0. The molecule has 1 amide bonds. The van der Waals surface area contributed by atoms with Gasteiger partial charge in [0.15, 0.2) is 6.10 Å². The molecule has 7 nitrogen and oxygen atoms in total. The minimum absolute atomic E-state index is 0.0755. The highest BCUT2D eigenvalue weighted by Gasteiger charge is 2.90. The van der Waals surface area contributed by atoms with Gasteiger partial charge in [0.05, 0.1) is 13.1 Å². The summed E-state index contributed by atoms with van der Waals surface area (Å²) in [6, 6.07) is 9.87. The monoisotopic (exact) mass is 719 g/mol. The van der Waals surface area contributed by atoms with Crippen LogP contribution >= 0.6 is 0 Å². The molecule has 0 aliphatic carbocycles. The smallest absolute Gasteiger partial charge is 0.460 e. The maximum atomic E-state index is 14.7. The van der Waals surface area contributed by atoms with Crippen molar-refractivity contribution in [2.24, 2.45) is 0 Å². The van der Waals surface area contributed by atoms with Crippen LogP contribution in [0.1, 0.15) is 18.1 Å². The predicted molar refractivity (Wildman–Crippen MR) is 138 cm³/mol. The SMILES string of the molecule is CCOC(Cc1ccc(OCCN(CC(F)(F)C(F)(F)C(F)(F)C(F)(F)C(F)(F)C(F)(F)F)C(=O)Oc2ccc(C)cc2)cc1)C(=O)O. The molecule has 1 atom stereocenters. The van der Waals surface area contributed by atoms with Crippen molar-refractivity contribution in [2.45, 2.75) is 62.2 Å². The molecule has 0 bridgehead atoms. The average Bonchev–Trinajstić information content (AvgIpc) is 2.97. The molecule has 1 unspecified atom stereocenters. The van der Waals surface area contributed by atoms with E-state index in [1.165, 1.54) is 36.4 Å². The third kappa shape index (κ3) is 8.54. The number of hydrogen-bond donors (Lipinski definition) is 1. The highest BCUT2D eigenvalue weighted by molar-refractivity contribution is 5.72. The first kappa shape index (κ1) is 40.2. The van der Waals surface area contributed by atoms with Crippen molar-refractivity contribution in [1.29, 1.82) is 0 Å². The van der Waals surface area contributed by atoms with Crippen molar-refractivity contribution in [3.8, 4) is 11.5 Å². The van der Waals surface area contributed by atoms with E-state index < -0.39 is 84.3 Å². The lowest BCUT2D eigenvalue weighted by atomic mass is 9.93. The van der Waals surface area contributed by atoms with Crippen LogP contribution in [0, 0.1) is 6.92 Å². The standard InChI is InChI=1S/C28H26F13NO6/c1-3-46-20(21(43)44)14-17-6-10-18(11-7-17)47-13-12-42(22(45)48-19-8-4-16(2)5-9-19)15-23(29,30)24(31,32)25(33,34)26(35,36)27(37,38)28(39,40)41/h4-11,20H,3,12-15H2,1-2H3,(H,43,44). The molecule has 0 heterocycles. The number of amides is 1. The fraction of sp³-hybridized carbons (Fsp3) is 0.500. The normalized spacial score (nSPS) is 14.0. The first-order valence-corrected chi connectivity index (χ1v) is 13.4. The van der Waals surface area contributed by atoms with Crippen LogP contribution in [0.3, 0.4) is 0 Å². The summed E-state index contributed by atoms with van der Waals surface area (Å²) in [4.78, 5) is 23.4. The second kappa shape index (κ2) is 14.7. The number of carbonyl (C=O) groups is 2. The van der Waals surface area contributed by atoms with E-state index in [4.69, 9.17) is 14.2 Å². The fourth-order valence-electron chi connectivity index (χ4n) is 3.78. The van der Waals surface area contributed by atoms with Crippen LogP contribution in [0.15, 0.2) is 48.5 Å². The Labute approximate surface area is 263 Å². The third-order valence-electron chi connectivity index (χ3n) is 6.49. The quantitative estimate of drug-likeness (QED) is 0.180. The molecule has 0 spiro atoms. The number of nitrogens with zero attached hydrogens (tertiary/aromatic N) is 1. The lowest BCUT2D eigenvalue weighted by molar-refractivity contribution is -0.440. The van der Waals surface area contributed by atoms with E-state index in [1.807, 2.05) is 0 Å². The number of carboxylic acids is 1. The highest BCUT2D eigenvalue weighted by Crippen LogP contribution is 2.60. The van der Waals surface area contributed by atoms with Gasteiger partial charge in [-0.2, -0.15) is 57.1 Å². The van der Waals surface area contributed by atoms with Gasteiger partial charge in [-0.1, -0.05) is 29.8 Å². The summed E-state index contributed by atoms with van der Waals surface area (Å²) in [7, 11) is 0. The number of hydrogen-bond acceptors (Lipinski definition) is 5. The number of benzene rings is 2. The molecular formula is C28H26F13NO6. The maximum Gasteiger partial charge on any atom is 0.460 e. The van der Waals surface area contributed by atoms with E-state index >= 15 is 0 Å². The van der Waals surface area contributed by atoms with E-state index in [9.17, 15) is 71.8 Å². The minimum atomic E-state index is -8.10. The van der Waals surface area contributed by atoms with Crippen molar-refractivity contribution in [3.05, 3.63) is 59.7 Å². The molecule has 270 valence electrons. The molecule has 2 rings (SSSR count). The van der Waals surface area contributed by atoms with Gasteiger partial charge < -0.3 is 19.3 Å². The molecule has 0 radical (unpaired) electrons. The largest absolute Gasteiger partial charge is 0.492 e. The zero-order valence-corrected chi connectivity index (χ0v) is 24.6. The zero-order valence-electron chi connectivity index (χ0n) is 24.6. The molecule has 0 saturated carbocycles. The van der Waals surface area contributed by atoms with Gasteiger partial charge in [0.25, 0.3) is 0 Å². The summed E-state index contributed by atoms with van der Waals surface area (Å²) >= 11 is 0. The summed E-state index contributed by atoms with van der Waals surface area (Å²) in [6.07, 6.45) is -10.9. The topological polar surface area (TPSA) is 85.3 Å². The summed E-state index contributed by atoms with van der Waals surface area (Å²) in [6.45, 7) is -1.93. The van der Waals surface area contributed by atoms with Crippen LogP contribution in [-0.4, -0.2) is 90.3 Å². The minimum Gasteiger partial charge on any atom is -0.492 e. The Morgan fingerprint density at radius 2 is 1.25 bits per heavy atom. The average molecular weight is 719 g/mol. The summed E-state index contributed by atoms with van der Waals surface area (Å²) < 4.78 is 192. The number of rotatable bonds is 16. The molecule has 0 aliphatic rings. The van der Waals surface area contributed by atoms with Crippen LogP contribution in [0.4, 0.5) is 61.9 Å². The number of halogens is 13. The molecule has 20 heteroatoms. The van der Waals surface area contributed by atoms with Gasteiger partial charge >= 0.3 is 47.9 Å². The van der Waals surface area contributed by atoms with Crippen molar-refractivity contribution in [3.63, 3.8) is 0 Å². The summed E-state index contributed by atoms with van der Waals surface area (Å²) in [5.41, 5.74) is 0.981. The molecule has 0 fully saturated rings. The van der Waals surface area contributed by atoms with Crippen LogP contribution < -0.4 is 9.47 Å². The number of aliphatic carboxylic acids is 1. The second-order valence-electron chi connectivity index (χ2n) is 10.1. The van der Waals surface area contributed by atoms with Crippen LogP contribution in [0.5, 0.6) is 11.5 Å². The van der Waals surface area contributed by atoms with Gasteiger partial charge in [-0.3, -0.25) is 4.90 Å². The number of carboxylic acid groups (broad SMARTS) is 1. The number of carbonyl (C=O) groups excluding carboxylic acids is 1. The van der Waals surface area contributed by atoms with Gasteiger partial charge in [-0.25, -0.2) is 9.59 Å². The lowest BCUT2D eigenvalue weighted by Gasteiger charge is -2.40. The van der Waals surface area contributed by atoms with E-state index in [1.54, 1.807) is 13.8 Å². The molecule has 0 aliphatic heterocycles. The van der Waals surface area contributed by atoms with E-state index in [-0.39, 0.29) is 18.8 Å². The van der Waals surface area contributed by atoms with Gasteiger partial charge in [0, 0.05) is 13.0 Å². The van der Waals surface area contributed by atoms with Gasteiger partial charge in [0.1, 0.15) is 18.1 Å². The van der Waals surface area contributed by atoms with Crippen molar-refractivity contribution in [2.75, 3.05) is 26.3 Å². The maximum absolute atomic E-state index is 14.7. The number of alkyl halides is 13. The molecule has 2 aromatic carbocycles. The Morgan fingerprint density at radius 3 is 1.73 bits per heavy atom. The van der Waals surface area contributed by atoms with Crippen molar-refractivity contribution >= 4 is 12.1 Å². The Bertz CT molecular complexity index is 1380. The van der Waals surface area contributed by atoms with Crippen LogP contribution in [0.25, 0.3) is 0 Å². The molecule has 1 N–H and O–H groups in total. The molecular weight excluding hydrogens is 693 g/mol. The second-order valence-corrected chi connectivity index (χ2v) is 10.1. The molecule has 2 aromatic rings. The first-order chi connectivity index (χ1) is 21.8. The number of aryl methyl sites for hydroxylation is 1. The lowest BCUT2D eigenvalue weighted by Crippen LogP contribution is -2.71. The Balaban J connectivity index is 2.33. The Kier molecular flexibility index (Phi) is 12.3. The molecule has 48 heavy (non-hydrogen) atoms. The van der Waals surface area contributed by atoms with Crippen molar-refractivity contribution < 1.29 is 86.0 Å². The van der Waals surface area contributed by atoms with Gasteiger partial charge in [0.2, 0.25) is 0 Å². The summed E-state index contributed by atoms with van der Waals surface area (Å²) in [5, 5.41) is 9.17. The van der Waals surface area contributed by atoms with Crippen LogP contribution in [-0.2, 0) is 16.0 Å². The third-order valence-corrected chi connectivity index (χ3v) is 6.49. The molecule has 0 aromatic heterocycles. The van der Waals surface area contributed by atoms with Gasteiger partial charge in [-0.15, -0.1) is 0 Å². The zero-order chi connectivity index (χ0) is 36.9. The van der Waals surface area contributed by atoms with Crippen LogP contribution in [0.2, 0.25) is 0 Å². The first-order valence-electron chi connectivity index (χ1n) is 13.4. The van der Waals surface area contributed by atoms with Gasteiger partial charge in [-0.05, 0) is 43.7 Å². The fourth-order valence-corrected chi connectivity index (χ4v) is 3.78. The predicted octanol–water partition coefficient (Wildman–Crippen LogP) is 7.65. The van der Waals surface area contributed by atoms with E-state index in [0.29, 0.717) is 11.1 Å².